The van der Waals surface area contributed by atoms with Gasteiger partial charge in [0.05, 0.1) is 24.3 Å². The number of halogens is 1. The Bertz CT molecular complexity index is 1220. The van der Waals surface area contributed by atoms with Crippen LogP contribution in [0.3, 0.4) is 0 Å². The third-order valence-corrected chi connectivity index (χ3v) is 5.63. The standard InChI is InChI=1S/C24H21FN4O2/c25-19-10-5-4-9-17(19)23-13-21(28-31-23)24(30)27-20-11-6-12-22-18(20)14-26-29(22)15-16-7-2-1-3-8-16/h1-5,7-10,13-14,20H,6,11-12,15H2,(H,27,30). The van der Waals surface area contributed by atoms with Gasteiger partial charge in [-0.1, -0.05) is 47.6 Å². The number of aromatic nitrogens is 3. The average molecular weight is 416 g/mol. The number of hydrogen-bond acceptors (Lipinski definition) is 4. The summed E-state index contributed by atoms with van der Waals surface area (Å²) in [6.07, 6.45) is 4.55. The molecule has 7 heteroatoms. The fourth-order valence-electron chi connectivity index (χ4n) is 4.06. The molecule has 0 saturated heterocycles. The van der Waals surface area contributed by atoms with E-state index in [9.17, 15) is 9.18 Å². The number of benzene rings is 2. The van der Waals surface area contributed by atoms with Crippen LogP contribution in [0.25, 0.3) is 11.3 Å². The minimum Gasteiger partial charge on any atom is -0.355 e. The van der Waals surface area contributed by atoms with Gasteiger partial charge in [-0.05, 0) is 37.0 Å². The molecule has 156 valence electrons. The lowest BCUT2D eigenvalue weighted by Crippen LogP contribution is -2.31. The van der Waals surface area contributed by atoms with Crippen molar-refractivity contribution in [2.24, 2.45) is 0 Å². The zero-order valence-corrected chi connectivity index (χ0v) is 16.8. The van der Waals surface area contributed by atoms with E-state index in [-0.39, 0.29) is 29.0 Å². The quantitative estimate of drug-likeness (QED) is 0.519. The average Bonchev–Trinajstić information content (AvgIpc) is 3.43. The van der Waals surface area contributed by atoms with Crippen LogP contribution in [0.2, 0.25) is 0 Å². The van der Waals surface area contributed by atoms with Gasteiger partial charge in [-0.2, -0.15) is 5.10 Å². The van der Waals surface area contributed by atoms with Gasteiger partial charge in [0, 0.05) is 17.3 Å². The molecule has 0 radical (unpaired) electrons. The van der Waals surface area contributed by atoms with Crippen LogP contribution in [-0.4, -0.2) is 20.8 Å². The SMILES string of the molecule is O=C(NC1CCCc2c1cnn2Cc1ccccc1)c1cc(-c2ccccc2F)on1. The molecule has 0 bridgehead atoms. The molecule has 1 N–H and O–H groups in total. The fourth-order valence-corrected chi connectivity index (χ4v) is 4.06. The lowest BCUT2D eigenvalue weighted by atomic mass is 9.92. The highest BCUT2D eigenvalue weighted by Gasteiger charge is 2.27. The molecule has 31 heavy (non-hydrogen) atoms. The largest absolute Gasteiger partial charge is 0.355 e. The van der Waals surface area contributed by atoms with E-state index in [0.717, 1.165) is 30.5 Å². The van der Waals surface area contributed by atoms with Crippen LogP contribution in [0.1, 0.15) is 46.2 Å². The van der Waals surface area contributed by atoms with Crippen molar-refractivity contribution >= 4 is 5.91 Å². The van der Waals surface area contributed by atoms with Crippen molar-refractivity contribution in [3.8, 4) is 11.3 Å². The van der Waals surface area contributed by atoms with E-state index in [1.54, 1.807) is 18.2 Å². The van der Waals surface area contributed by atoms with Crippen LogP contribution in [0.5, 0.6) is 0 Å². The van der Waals surface area contributed by atoms with E-state index in [4.69, 9.17) is 4.52 Å². The minimum atomic E-state index is -0.423. The summed E-state index contributed by atoms with van der Waals surface area (Å²) in [6.45, 7) is 0.701. The number of carbonyl (C=O) groups excluding carboxylic acids is 1. The lowest BCUT2D eigenvalue weighted by Gasteiger charge is -2.24. The second kappa shape index (κ2) is 8.18. The Labute approximate surface area is 178 Å². The van der Waals surface area contributed by atoms with Gasteiger partial charge in [0.25, 0.3) is 5.91 Å². The summed E-state index contributed by atoms with van der Waals surface area (Å²) in [5.41, 5.74) is 3.77. The summed E-state index contributed by atoms with van der Waals surface area (Å²) in [5.74, 6) is -0.545. The molecule has 0 saturated carbocycles. The second-order valence-electron chi connectivity index (χ2n) is 7.66. The first kappa shape index (κ1) is 19.2. The molecule has 1 aliphatic carbocycles. The summed E-state index contributed by atoms with van der Waals surface area (Å²) in [6, 6.07) is 17.7. The van der Waals surface area contributed by atoms with Crippen molar-refractivity contribution in [2.45, 2.75) is 31.8 Å². The van der Waals surface area contributed by atoms with Crippen molar-refractivity contribution < 1.29 is 13.7 Å². The number of rotatable bonds is 5. The maximum atomic E-state index is 14.0. The molecule has 2 aromatic carbocycles. The zero-order valence-electron chi connectivity index (χ0n) is 16.8. The molecular formula is C24H21FN4O2. The first-order valence-corrected chi connectivity index (χ1v) is 10.3. The van der Waals surface area contributed by atoms with E-state index < -0.39 is 5.82 Å². The van der Waals surface area contributed by atoms with Crippen molar-refractivity contribution in [3.05, 3.63) is 95.2 Å². The highest BCUT2D eigenvalue weighted by molar-refractivity contribution is 5.93. The van der Waals surface area contributed by atoms with Gasteiger partial charge < -0.3 is 9.84 Å². The van der Waals surface area contributed by atoms with Gasteiger partial charge in [-0.25, -0.2) is 4.39 Å². The summed E-state index contributed by atoms with van der Waals surface area (Å²) >= 11 is 0. The predicted octanol–water partition coefficient (Wildman–Crippen LogP) is 4.53. The molecule has 6 nitrogen and oxygen atoms in total. The van der Waals surface area contributed by atoms with E-state index in [0.29, 0.717) is 6.54 Å². The highest BCUT2D eigenvalue weighted by Crippen LogP contribution is 2.30. The van der Waals surface area contributed by atoms with Gasteiger partial charge >= 0.3 is 0 Å². The first-order valence-electron chi connectivity index (χ1n) is 10.3. The Morgan fingerprint density at radius 3 is 2.81 bits per heavy atom. The molecule has 4 aromatic rings. The topological polar surface area (TPSA) is 73.0 Å². The fraction of sp³-hybridized carbons (Fsp3) is 0.208. The third kappa shape index (κ3) is 3.86. The smallest absolute Gasteiger partial charge is 0.273 e. The van der Waals surface area contributed by atoms with Gasteiger partial charge in [-0.3, -0.25) is 9.48 Å². The van der Waals surface area contributed by atoms with Crippen LogP contribution < -0.4 is 5.32 Å². The Morgan fingerprint density at radius 1 is 1.16 bits per heavy atom. The van der Waals surface area contributed by atoms with Crippen molar-refractivity contribution in [2.75, 3.05) is 0 Å². The summed E-state index contributed by atoms with van der Waals surface area (Å²) in [5, 5.41) is 11.4. The Kier molecular flexibility index (Phi) is 5.08. The van der Waals surface area contributed by atoms with E-state index in [1.807, 2.05) is 29.1 Å². The number of carbonyl (C=O) groups is 1. The molecule has 2 aromatic heterocycles. The minimum absolute atomic E-state index is 0.127. The molecule has 2 heterocycles. The third-order valence-electron chi connectivity index (χ3n) is 5.63. The lowest BCUT2D eigenvalue weighted by molar-refractivity contribution is 0.0923. The number of hydrogen-bond donors (Lipinski definition) is 1. The maximum Gasteiger partial charge on any atom is 0.273 e. The second-order valence-corrected chi connectivity index (χ2v) is 7.66. The Balaban J connectivity index is 1.33. The normalized spacial score (nSPS) is 15.5. The molecule has 0 fully saturated rings. The van der Waals surface area contributed by atoms with Gasteiger partial charge in [0.2, 0.25) is 0 Å². The van der Waals surface area contributed by atoms with E-state index >= 15 is 0 Å². The molecule has 1 aliphatic rings. The number of amides is 1. The Morgan fingerprint density at radius 2 is 1.97 bits per heavy atom. The maximum absolute atomic E-state index is 14.0. The van der Waals surface area contributed by atoms with Crippen LogP contribution in [0.4, 0.5) is 4.39 Å². The van der Waals surface area contributed by atoms with Crippen LogP contribution in [0.15, 0.2) is 71.4 Å². The van der Waals surface area contributed by atoms with Crippen molar-refractivity contribution in [1.29, 1.82) is 0 Å². The monoisotopic (exact) mass is 416 g/mol. The molecule has 0 spiro atoms. The zero-order chi connectivity index (χ0) is 21.2. The van der Waals surface area contributed by atoms with E-state index in [1.165, 1.54) is 17.7 Å². The van der Waals surface area contributed by atoms with Crippen LogP contribution >= 0.6 is 0 Å². The van der Waals surface area contributed by atoms with E-state index in [2.05, 4.69) is 27.7 Å². The summed E-state index contributed by atoms with van der Waals surface area (Å²) in [7, 11) is 0. The van der Waals surface area contributed by atoms with Crippen molar-refractivity contribution in [3.63, 3.8) is 0 Å². The molecule has 1 amide bonds. The molecule has 1 atom stereocenters. The van der Waals surface area contributed by atoms with Crippen LogP contribution in [-0.2, 0) is 13.0 Å². The molecule has 0 aliphatic heterocycles. The summed E-state index contributed by atoms with van der Waals surface area (Å²) < 4.78 is 21.2. The number of fused-ring (bicyclic) bond motifs is 1. The molecule has 1 unspecified atom stereocenters. The Hall–Kier alpha value is -3.74. The summed E-state index contributed by atoms with van der Waals surface area (Å²) in [4.78, 5) is 12.8. The highest BCUT2D eigenvalue weighted by atomic mass is 19.1. The van der Waals surface area contributed by atoms with Gasteiger partial charge in [-0.15, -0.1) is 0 Å². The molecule has 5 rings (SSSR count). The van der Waals surface area contributed by atoms with Crippen molar-refractivity contribution in [1.82, 2.24) is 20.3 Å². The first-order chi connectivity index (χ1) is 15.2. The number of nitrogens with one attached hydrogen (secondary N) is 1. The van der Waals surface area contributed by atoms with Gasteiger partial charge in [0.1, 0.15) is 5.82 Å². The molecular weight excluding hydrogens is 395 g/mol. The van der Waals surface area contributed by atoms with Crippen LogP contribution in [0, 0.1) is 5.82 Å². The predicted molar refractivity (Wildman–Crippen MR) is 113 cm³/mol. The number of nitrogens with zero attached hydrogens (tertiary/aromatic N) is 3. The van der Waals surface area contributed by atoms with Gasteiger partial charge in [0.15, 0.2) is 11.5 Å².